The Hall–Kier alpha value is -2.69. The highest BCUT2D eigenvalue weighted by Crippen LogP contribution is 2.24. The van der Waals surface area contributed by atoms with Crippen molar-refractivity contribution in [3.8, 4) is 17.2 Å². The largest absolute Gasteiger partial charge is 0.497 e. The van der Waals surface area contributed by atoms with Crippen LogP contribution < -0.4 is 19.5 Å². The Balaban J connectivity index is 1.89. The smallest absolute Gasteiger partial charge is 0.258 e. The molecule has 2 rings (SSSR count). The summed E-state index contributed by atoms with van der Waals surface area (Å²) in [4.78, 5) is 12.0. The summed E-state index contributed by atoms with van der Waals surface area (Å²) in [5.41, 5.74) is 3.05. The summed E-state index contributed by atoms with van der Waals surface area (Å²) in [6.07, 6.45) is 0. The average molecular weight is 329 g/mol. The Kier molecular flexibility index (Phi) is 6.07. The zero-order valence-corrected chi connectivity index (χ0v) is 14.5. The monoisotopic (exact) mass is 329 g/mol. The first-order valence-electron chi connectivity index (χ1n) is 7.71. The summed E-state index contributed by atoms with van der Waals surface area (Å²) in [7, 11) is 3.18. The quantitative estimate of drug-likeness (QED) is 0.848. The van der Waals surface area contributed by atoms with Crippen LogP contribution in [0, 0.1) is 13.8 Å². The molecule has 5 heteroatoms. The minimum Gasteiger partial charge on any atom is -0.497 e. The number of carbonyl (C=O) groups is 1. The molecule has 0 aromatic heterocycles. The predicted molar refractivity (Wildman–Crippen MR) is 92.8 cm³/mol. The van der Waals surface area contributed by atoms with E-state index in [2.05, 4.69) is 5.32 Å². The van der Waals surface area contributed by atoms with Gasteiger partial charge in [-0.25, -0.2) is 0 Å². The number of rotatable bonds is 7. The van der Waals surface area contributed by atoms with Gasteiger partial charge >= 0.3 is 0 Å². The van der Waals surface area contributed by atoms with Crippen molar-refractivity contribution in [2.45, 2.75) is 20.4 Å². The van der Waals surface area contributed by atoms with Crippen molar-refractivity contribution in [3.05, 3.63) is 53.1 Å². The van der Waals surface area contributed by atoms with Gasteiger partial charge in [0.2, 0.25) is 0 Å². The van der Waals surface area contributed by atoms with Gasteiger partial charge in [-0.05, 0) is 37.6 Å². The topological polar surface area (TPSA) is 56.8 Å². The molecule has 2 aromatic carbocycles. The standard InChI is InChI=1S/C19H23NO4/c1-13-5-8-17(14(2)9-13)24-12-19(21)20-11-15-6-7-16(22-3)10-18(15)23-4/h5-10H,11-12H2,1-4H3,(H,20,21). The van der Waals surface area contributed by atoms with Crippen LogP contribution in [-0.2, 0) is 11.3 Å². The molecular formula is C19H23NO4. The lowest BCUT2D eigenvalue weighted by Crippen LogP contribution is -2.28. The van der Waals surface area contributed by atoms with Crippen molar-refractivity contribution in [1.29, 1.82) is 0 Å². The van der Waals surface area contributed by atoms with Crippen LogP contribution in [0.15, 0.2) is 36.4 Å². The van der Waals surface area contributed by atoms with Gasteiger partial charge < -0.3 is 19.5 Å². The number of amides is 1. The zero-order valence-electron chi connectivity index (χ0n) is 14.5. The van der Waals surface area contributed by atoms with Gasteiger partial charge in [0.15, 0.2) is 6.61 Å². The highest BCUT2D eigenvalue weighted by molar-refractivity contribution is 5.77. The van der Waals surface area contributed by atoms with Crippen molar-refractivity contribution in [1.82, 2.24) is 5.32 Å². The van der Waals surface area contributed by atoms with E-state index in [4.69, 9.17) is 14.2 Å². The fraction of sp³-hybridized carbons (Fsp3) is 0.316. The molecule has 0 aliphatic heterocycles. The molecule has 0 heterocycles. The summed E-state index contributed by atoms with van der Waals surface area (Å²) in [6.45, 7) is 4.32. The molecular weight excluding hydrogens is 306 g/mol. The van der Waals surface area contributed by atoms with E-state index in [1.165, 1.54) is 0 Å². The molecule has 1 N–H and O–H groups in total. The van der Waals surface area contributed by atoms with Crippen LogP contribution >= 0.6 is 0 Å². The summed E-state index contributed by atoms with van der Waals surface area (Å²) in [5.74, 6) is 1.91. The molecule has 0 saturated carbocycles. The number of carbonyl (C=O) groups excluding carboxylic acids is 1. The first-order chi connectivity index (χ1) is 11.5. The van der Waals surface area contributed by atoms with Crippen LogP contribution in [0.5, 0.6) is 17.2 Å². The minimum atomic E-state index is -0.187. The van der Waals surface area contributed by atoms with E-state index in [-0.39, 0.29) is 12.5 Å². The number of hydrogen-bond donors (Lipinski definition) is 1. The van der Waals surface area contributed by atoms with Gasteiger partial charge in [-0.2, -0.15) is 0 Å². The fourth-order valence-electron chi connectivity index (χ4n) is 2.35. The maximum Gasteiger partial charge on any atom is 0.258 e. The van der Waals surface area contributed by atoms with E-state index in [1.807, 2.05) is 44.2 Å². The first kappa shape index (κ1) is 17.7. The molecule has 128 valence electrons. The molecule has 2 aromatic rings. The van der Waals surface area contributed by atoms with E-state index in [0.717, 1.165) is 22.4 Å². The Morgan fingerprint density at radius 1 is 1.00 bits per heavy atom. The molecule has 24 heavy (non-hydrogen) atoms. The summed E-state index contributed by atoms with van der Waals surface area (Å²) < 4.78 is 16.0. The lowest BCUT2D eigenvalue weighted by atomic mass is 10.1. The second kappa shape index (κ2) is 8.24. The van der Waals surface area contributed by atoms with Crippen LogP contribution in [-0.4, -0.2) is 26.7 Å². The third kappa shape index (κ3) is 4.65. The van der Waals surface area contributed by atoms with Gasteiger partial charge in [0.1, 0.15) is 17.2 Å². The van der Waals surface area contributed by atoms with Crippen molar-refractivity contribution in [2.75, 3.05) is 20.8 Å². The molecule has 0 bridgehead atoms. The van der Waals surface area contributed by atoms with Crippen molar-refractivity contribution < 1.29 is 19.0 Å². The highest BCUT2D eigenvalue weighted by atomic mass is 16.5. The fourth-order valence-corrected chi connectivity index (χ4v) is 2.35. The molecule has 0 unspecified atom stereocenters. The number of ether oxygens (including phenoxy) is 3. The SMILES string of the molecule is COc1ccc(CNC(=O)COc2ccc(C)cc2C)c(OC)c1. The van der Waals surface area contributed by atoms with E-state index in [9.17, 15) is 4.79 Å². The maximum atomic E-state index is 12.0. The number of aryl methyl sites for hydroxylation is 2. The van der Waals surface area contributed by atoms with Crippen LogP contribution in [0.3, 0.4) is 0 Å². The van der Waals surface area contributed by atoms with E-state index in [0.29, 0.717) is 18.0 Å². The summed E-state index contributed by atoms with van der Waals surface area (Å²) >= 11 is 0. The van der Waals surface area contributed by atoms with Crippen LogP contribution in [0.4, 0.5) is 0 Å². The Morgan fingerprint density at radius 3 is 2.46 bits per heavy atom. The molecule has 0 atom stereocenters. The second-order valence-corrected chi connectivity index (χ2v) is 5.51. The van der Waals surface area contributed by atoms with Crippen molar-refractivity contribution >= 4 is 5.91 Å². The minimum absolute atomic E-state index is 0.0254. The van der Waals surface area contributed by atoms with E-state index >= 15 is 0 Å². The normalized spacial score (nSPS) is 10.2. The molecule has 0 aliphatic carbocycles. The Morgan fingerprint density at radius 2 is 1.79 bits per heavy atom. The van der Waals surface area contributed by atoms with E-state index < -0.39 is 0 Å². The van der Waals surface area contributed by atoms with Crippen molar-refractivity contribution in [2.24, 2.45) is 0 Å². The zero-order chi connectivity index (χ0) is 17.5. The van der Waals surface area contributed by atoms with Crippen LogP contribution in [0.1, 0.15) is 16.7 Å². The van der Waals surface area contributed by atoms with Gasteiger partial charge in [0.05, 0.1) is 14.2 Å². The Labute approximate surface area is 142 Å². The lowest BCUT2D eigenvalue weighted by Gasteiger charge is -2.12. The van der Waals surface area contributed by atoms with Crippen LogP contribution in [0.2, 0.25) is 0 Å². The highest BCUT2D eigenvalue weighted by Gasteiger charge is 2.08. The molecule has 0 aliphatic rings. The van der Waals surface area contributed by atoms with Crippen LogP contribution in [0.25, 0.3) is 0 Å². The lowest BCUT2D eigenvalue weighted by molar-refractivity contribution is -0.123. The summed E-state index contributed by atoms with van der Waals surface area (Å²) in [5, 5.41) is 2.83. The van der Waals surface area contributed by atoms with Gasteiger partial charge in [0, 0.05) is 18.2 Å². The maximum absolute atomic E-state index is 12.0. The van der Waals surface area contributed by atoms with Crippen molar-refractivity contribution in [3.63, 3.8) is 0 Å². The summed E-state index contributed by atoms with van der Waals surface area (Å²) in [6, 6.07) is 11.3. The number of benzene rings is 2. The number of nitrogens with one attached hydrogen (secondary N) is 1. The molecule has 0 radical (unpaired) electrons. The van der Waals surface area contributed by atoms with Gasteiger partial charge in [-0.15, -0.1) is 0 Å². The van der Waals surface area contributed by atoms with Gasteiger partial charge in [-0.3, -0.25) is 4.79 Å². The van der Waals surface area contributed by atoms with Gasteiger partial charge in [-0.1, -0.05) is 17.7 Å². The molecule has 0 saturated heterocycles. The Bertz CT molecular complexity index is 713. The average Bonchev–Trinajstić information content (AvgIpc) is 2.59. The third-order valence-corrected chi connectivity index (χ3v) is 3.66. The molecule has 1 amide bonds. The third-order valence-electron chi connectivity index (χ3n) is 3.66. The molecule has 0 fully saturated rings. The predicted octanol–water partition coefficient (Wildman–Crippen LogP) is 3.02. The first-order valence-corrected chi connectivity index (χ1v) is 7.71. The second-order valence-electron chi connectivity index (χ2n) is 5.51. The van der Waals surface area contributed by atoms with E-state index in [1.54, 1.807) is 20.3 Å². The number of methoxy groups -OCH3 is 2. The molecule has 0 spiro atoms. The molecule has 5 nitrogen and oxygen atoms in total. The van der Waals surface area contributed by atoms with Gasteiger partial charge in [0.25, 0.3) is 5.91 Å². The number of hydrogen-bond acceptors (Lipinski definition) is 4.